The molecule has 0 fully saturated rings. The van der Waals surface area contributed by atoms with E-state index in [2.05, 4.69) is 0 Å². The van der Waals surface area contributed by atoms with E-state index in [0.717, 1.165) is 0 Å². The van der Waals surface area contributed by atoms with Gasteiger partial charge in [-0.25, -0.2) is 9.59 Å². The molecule has 43 heavy (non-hydrogen) atoms. The summed E-state index contributed by atoms with van der Waals surface area (Å²) in [5, 5.41) is 20.8. The highest BCUT2D eigenvalue weighted by molar-refractivity contribution is 7.87. The van der Waals surface area contributed by atoms with Gasteiger partial charge in [-0.15, -0.1) is 0 Å². The quantitative estimate of drug-likeness (QED) is 0.179. The molecular weight excluding hydrogens is 604 g/mol. The first-order valence-electron chi connectivity index (χ1n) is 13.5. The van der Waals surface area contributed by atoms with Crippen LogP contribution in [0.1, 0.15) is 45.2 Å². The van der Waals surface area contributed by atoms with Crippen LogP contribution in [0.2, 0.25) is 0 Å². The molecule has 0 spiro atoms. The van der Waals surface area contributed by atoms with Gasteiger partial charge in [0.2, 0.25) is 0 Å². The number of benzene rings is 2. The predicted molar refractivity (Wildman–Crippen MR) is 156 cm³/mol. The van der Waals surface area contributed by atoms with E-state index >= 15 is 0 Å². The van der Waals surface area contributed by atoms with Gasteiger partial charge in [0.25, 0.3) is 20.2 Å². The van der Waals surface area contributed by atoms with Crippen LogP contribution in [0.4, 0.5) is 0 Å². The number of carbonyl (C=O) groups excluding carboxylic acids is 2. The van der Waals surface area contributed by atoms with Crippen molar-refractivity contribution in [3.8, 4) is 0 Å². The van der Waals surface area contributed by atoms with E-state index < -0.39 is 79.9 Å². The number of aliphatic hydroxyl groups is 2. The van der Waals surface area contributed by atoms with E-state index in [1.807, 2.05) is 0 Å². The van der Waals surface area contributed by atoms with Crippen molar-refractivity contribution in [2.45, 2.75) is 59.5 Å². The minimum Gasteiger partial charge on any atom is -0.459 e. The molecule has 0 aliphatic carbocycles. The molecule has 2 N–H and O–H groups in total. The molecule has 0 heterocycles. The fourth-order valence-corrected chi connectivity index (χ4v) is 5.81. The van der Waals surface area contributed by atoms with E-state index in [0.29, 0.717) is 11.1 Å². The molecule has 12 nitrogen and oxygen atoms in total. The van der Waals surface area contributed by atoms with Crippen molar-refractivity contribution >= 4 is 32.2 Å². The Hall–Kier alpha value is -2.88. The van der Waals surface area contributed by atoms with Crippen molar-refractivity contribution in [2.24, 2.45) is 10.8 Å². The molecule has 0 saturated carbocycles. The van der Waals surface area contributed by atoms with Gasteiger partial charge in [-0.1, -0.05) is 88.4 Å². The topological polar surface area (TPSA) is 180 Å². The van der Waals surface area contributed by atoms with Crippen LogP contribution < -0.4 is 0 Å². The van der Waals surface area contributed by atoms with Crippen molar-refractivity contribution in [2.75, 3.05) is 24.7 Å². The van der Waals surface area contributed by atoms with E-state index in [4.69, 9.17) is 17.8 Å². The highest BCUT2D eigenvalue weighted by atomic mass is 32.2. The third kappa shape index (κ3) is 12.7. The summed E-state index contributed by atoms with van der Waals surface area (Å²) in [5.74, 6) is -3.26. The number of ether oxygens (including phenoxy) is 2. The standard InChI is InChI=1S/C29H40O12S2/c1-28(2,24(30)26(32)38-18-22-12-7-5-8-13-22)20-40-42(34,35)16-11-17-43(36,37)41-21-29(3,4)25(31)27(33)39-19-23-14-9-6-10-15-23/h5-10,12-15,24-25,30-31H,11,16-21H2,1-4H3/t24-,25-/m1/s1. The number of aliphatic hydroxyl groups excluding tert-OH is 2. The second kappa shape index (κ2) is 15.7. The monoisotopic (exact) mass is 644 g/mol. The van der Waals surface area contributed by atoms with Crippen molar-refractivity contribution in [3.05, 3.63) is 71.8 Å². The lowest BCUT2D eigenvalue weighted by Gasteiger charge is -2.28. The molecular formula is C29H40O12S2. The average Bonchev–Trinajstić information content (AvgIpc) is 2.97. The highest BCUT2D eigenvalue weighted by Crippen LogP contribution is 2.25. The van der Waals surface area contributed by atoms with Crippen LogP contribution >= 0.6 is 0 Å². The van der Waals surface area contributed by atoms with Crippen LogP contribution in [-0.4, -0.2) is 75.9 Å². The Morgan fingerprint density at radius 2 is 0.977 bits per heavy atom. The Morgan fingerprint density at radius 3 is 1.30 bits per heavy atom. The zero-order valence-electron chi connectivity index (χ0n) is 24.7. The summed E-state index contributed by atoms with van der Waals surface area (Å²) in [5.41, 5.74) is -1.27. The van der Waals surface area contributed by atoms with Crippen molar-refractivity contribution in [1.82, 2.24) is 0 Å². The van der Waals surface area contributed by atoms with Crippen molar-refractivity contribution in [1.29, 1.82) is 0 Å². The average molecular weight is 645 g/mol. The molecule has 0 aliphatic heterocycles. The van der Waals surface area contributed by atoms with Gasteiger partial charge in [0.1, 0.15) is 13.2 Å². The first-order valence-corrected chi connectivity index (χ1v) is 16.6. The maximum Gasteiger partial charge on any atom is 0.335 e. The Labute approximate surface area is 253 Å². The molecule has 2 aromatic rings. The smallest absolute Gasteiger partial charge is 0.335 e. The van der Waals surface area contributed by atoms with Gasteiger partial charge in [0.05, 0.1) is 24.7 Å². The number of carbonyl (C=O) groups is 2. The summed E-state index contributed by atoms with van der Waals surface area (Å²) in [4.78, 5) is 24.5. The summed E-state index contributed by atoms with van der Waals surface area (Å²) >= 11 is 0. The largest absolute Gasteiger partial charge is 0.459 e. The minimum atomic E-state index is -4.23. The predicted octanol–water partition coefficient (Wildman–Crippen LogP) is 2.33. The molecule has 0 radical (unpaired) electrons. The third-order valence-corrected chi connectivity index (χ3v) is 8.92. The second-order valence-electron chi connectivity index (χ2n) is 11.4. The van der Waals surface area contributed by atoms with Gasteiger partial charge in [0.15, 0.2) is 12.2 Å². The number of esters is 2. The van der Waals surface area contributed by atoms with Crippen LogP contribution in [0, 0.1) is 10.8 Å². The summed E-state index contributed by atoms with van der Waals surface area (Å²) in [6, 6.07) is 17.6. The molecule has 0 amide bonds. The Kier molecular flexibility index (Phi) is 13.3. The lowest BCUT2D eigenvalue weighted by atomic mass is 9.87. The summed E-state index contributed by atoms with van der Waals surface area (Å²) < 4.78 is 69.6. The van der Waals surface area contributed by atoms with Crippen LogP contribution in [0.3, 0.4) is 0 Å². The van der Waals surface area contributed by atoms with Gasteiger partial charge in [-0.3, -0.25) is 8.37 Å². The van der Waals surface area contributed by atoms with E-state index in [9.17, 15) is 36.6 Å². The number of hydrogen-bond donors (Lipinski definition) is 2. The fourth-order valence-electron chi connectivity index (χ4n) is 3.42. The van der Waals surface area contributed by atoms with Gasteiger partial charge in [0, 0.05) is 10.8 Å². The van der Waals surface area contributed by atoms with Gasteiger partial charge >= 0.3 is 11.9 Å². The second-order valence-corrected chi connectivity index (χ2v) is 14.9. The Morgan fingerprint density at radius 1 is 0.651 bits per heavy atom. The first kappa shape index (κ1) is 36.3. The molecule has 0 bridgehead atoms. The number of hydrogen-bond acceptors (Lipinski definition) is 12. The lowest BCUT2D eigenvalue weighted by molar-refractivity contribution is -0.163. The highest BCUT2D eigenvalue weighted by Gasteiger charge is 2.38. The third-order valence-electron chi connectivity index (χ3n) is 6.38. The Balaban J connectivity index is 1.77. The van der Waals surface area contributed by atoms with Gasteiger partial charge in [-0.05, 0) is 17.5 Å². The van der Waals surface area contributed by atoms with Crippen molar-refractivity contribution in [3.63, 3.8) is 0 Å². The van der Waals surface area contributed by atoms with E-state index in [1.165, 1.54) is 27.7 Å². The van der Waals surface area contributed by atoms with Crippen LogP contribution in [-0.2, 0) is 60.9 Å². The zero-order valence-corrected chi connectivity index (χ0v) is 26.3. The molecule has 0 aliphatic rings. The summed E-state index contributed by atoms with van der Waals surface area (Å²) in [7, 11) is -8.47. The SMILES string of the molecule is CC(C)(COS(=O)(=O)CCCS(=O)(=O)OCC(C)(C)[C@H](O)C(=O)OCc1ccccc1)[C@H](O)C(=O)OCc1ccccc1. The minimum absolute atomic E-state index is 0.0724. The van der Waals surface area contributed by atoms with Crippen LogP contribution in [0.25, 0.3) is 0 Å². The fraction of sp³-hybridized carbons (Fsp3) is 0.517. The molecule has 0 aromatic heterocycles. The molecule has 2 atom stereocenters. The molecule has 0 saturated heterocycles. The summed E-state index contributed by atoms with van der Waals surface area (Å²) in [6.07, 6.45) is -3.75. The van der Waals surface area contributed by atoms with Gasteiger partial charge < -0.3 is 19.7 Å². The maximum absolute atomic E-state index is 12.4. The normalized spacial score (nSPS) is 14.1. The number of rotatable bonds is 18. The van der Waals surface area contributed by atoms with Crippen LogP contribution in [0.15, 0.2) is 60.7 Å². The van der Waals surface area contributed by atoms with E-state index in [-0.39, 0.29) is 19.6 Å². The molecule has 240 valence electrons. The molecule has 2 rings (SSSR count). The van der Waals surface area contributed by atoms with Gasteiger partial charge in [-0.2, -0.15) is 16.8 Å². The Bertz CT molecular complexity index is 1280. The molecule has 14 heteroatoms. The molecule has 0 unspecified atom stereocenters. The maximum atomic E-state index is 12.4. The first-order chi connectivity index (χ1) is 19.9. The lowest BCUT2D eigenvalue weighted by Crippen LogP contribution is -2.41. The zero-order chi connectivity index (χ0) is 32.3. The molecule has 2 aromatic carbocycles. The van der Waals surface area contributed by atoms with E-state index in [1.54, 1.807) is 60.7 Å². The summed E-state index contributed by atoms with van der Waals surface area (Å²) in [6.45, 7) is 4.41. The van der Waals surface area contributed by atoms with Crippen LogP contribution in [0.5, 0.6) is 0 Å². The van der Waals surface area contributed by atoms with Crippen molar-refractivity contribution < 1.29 is 54.5 Å².